The molecule has 1 aromatic heterocycles. The van der Waals surface area contributed by atoms with Crippen molar-refractivity contribution in [1.29, 1.82) is 0 Å². The minimum Gasteiger partial charge on any atom is -0.321 e. The molecule has 0 aliphatic rings. The van der Waals surface area contributed by atoms with Gasteiger partial charge in [-0.2, -0.15) is 13.2 Å². The predicted octanol–water partition coefficient (Wildman–Crippen LogP) is 4.65. The van der Waals surface area contributed by atoms with Crippen LogP contribution < -0.4 is 5.32 Å². The summed E-state index contributed by atoms with van der Waals surface area (Å²) in [7, 11) is 0. The zero-order chi connectivity index (χ0) is 17.3. The molecule has 3 nitrogen and oxygen atoms in total. The van der Waals surface area contributed by atoms with Gasteiger partial charge in [0.25, 0.3) is 5.91 Å². The van der Waals surface area contributed by atoms with E-state index < -0.39 is 23.5 Å². The van der Waals surface area contributed by atoms with Crippen molar-refractivity contribution in [2.75, 3.05) is 5.32 Å². The molecular weight excluding hydrogens is 324 g/mol. The van der Waals surface area contributed by atoms with Crippen LogP contribution in [0.3, 0.4) is 0 Å². The maximum atomic E-state index is 13.1. The second kappa shape index (κ2) is 5.92. The third-order valence-corrected chi connectivity index (χ3v) is 3.43. The van der Waals surface area contributed by atoms with Gasteiger partial charge in [-0.3, -0.25) is 9.78 Å². The Hall–Kier alpha value is -2.96. The summed E-state index contributed by atoms with van der Waals surface area (Å²) in [5, 5.41) is 2.70. The van der Waals surface area contributed by atoms with Gasteiger partial charge in [0, 0.05) is 17.1 Å². The molecule has 122 valence electrons. The first-order valence-corrected chi connectivity index (χ1v) is 6.88. The van der Waals surface area contributed by atoms with Crippen molar-refractivity contribution in [3.05, 3.63) is 71.7 Å². The lowest BCUT2D eigenvalue weighted by Gasteiger charge is -2.12. The number of pyridine rings is 1. The Morgan fingerprint density at radius 1 is 1.00 bits per heavy atom. The second-order valence-corrected chi connectivity index (χ2v) is 5.02. The molecule has 3 rings (SSSR count). The van der Waals surface area contributed by atoms with E-state index in [9.17, 15) is 22.4 Å². The fourth-order valence-electron chi connectivity index (χ4n) is 2.31. The number of alkyl halides is 3. The van der Waals surface area contributed by atoms with Gasteiger partial charge in [0.2, 0.25) is 0 Å². The zero-order valence-electron chi connectivity index (χ0n) is 12.1. The first-order chi connectivity index (χ1) is 11.4. The van der Waals surface area contributed by atoms with E-state index in [0.717, 1.165) is 18.2 Å². The molecule has 0 unspecified atom stereocenters. The fraction of sp³-hybridized carbons (Fsp3) is 0.0588. The van der Waals surface area contributed by atoms with Crippen LogP contribution in [0.15, 0.2) is 54.7 Å². The van der Waals surface area contributed by atoms with Crippen molar-refractivity contribution in [3.63, 3.8) is 0 Å². The summed E-state index contributed by atoms with van der Waals surface area (Å²) in [6.45, 7) is 0. The van der Waals surface area contributed by atoms with Crippen LogP contribution in [0.1, 0.15) is 15.9 Å². The SMILES string of the molecule is O=C(Nc1ccnc2c(C(F)(F)F)cccc12)c1ccc(F)cc1. The number of benzene rings is 2. The minimum atomic E-state index is -4.55. The van der Waals surface area contributed by atoms with Crippen molar-refractivity contribution >= 4 is 22.5 Å². The molecule has 1 N–H and O–H groups in total. The molecular formula is C17H10F4N2O. The summed E-state index contributed by atoms with van der Waals surface area (Å²) in [6, 6.07) is 9.86. The van der Waals surface area contributed by atoms with Crippen molar-refractivity contribution in [1.82, 2.24) is 4.98 Å². The number of rotatable bonds is 2. The number of anilines is 1. The van der Waals surface area contributed by atoms with E-state index in [4.69, 9.17) is 0 Å². The van der Waals surface area contributed by atoms with E-state index in [1.807, 2.05) is 0 Å². The highest BCUT2D eigenvalue weighted by atomic mass is 19.4. The van der Waals surface area contributed by atoms with Gasteiger partial charge in [0.1, 0.15) is 5.82 Å². The molecule has 1 amide bonds. The molecule has 24 heavy (non-hydrogen) atoms. The number of amides is 1. The minimum absolute atomic E-state index is 0.169. The Morgan fingerprint density at radius 3 is 2.38 bits per heavy atom. The number of para-hydroxylation sites is 1. The Bertz CT molecular complexity index is 905. The van der Waals surface area contributed by atoms with Crippen LogP contribution in [0.25, 0.3) is 10.9 Å². The molecule has 0 fully saturated rings. The Labute approximate surface area is 133 Å². The van der Waals surface area contributed by atoms with Gasteiger partial charge in [-0.1, -0.05) is 12.1 Å². The lowest BCUT2D eigenvalue weighted by molar-refractivity contribution is -0.136. The van der Waals surface area contributed by atoms with Crippen LogP contribution in [0.2, 0.25) is 0 Å². The quantitative estimate of drug-likeness (QED) is 0.694. The number of hydrogen-bond acceptors (Lipinski definition) is 2. The van der Waals surface area contributed by atoms with Crippen LogP contribution in [-0.2, 0) is 6.18 Å². The maximum absolute atomic E-state index is 13.1. The molecule has 7 heteroatoms. The standard InChI is InChI=1S/C17H10F4N2O/c18-11-6-4-10(5-7-11)16(24)23-14-8-9-22-15-12(14)2-1-3-13(15)17(19,20)21/h1-9H,(H,22,23,24). The van der Waals surface area contributed by atoms with Gasteiger partial charge < -0.3 is 5.32 Å². The van der Waals surface area contributed by atoms with E-state index in [-0.39, 0.29) is 22.2 Å². The number of nitrogens with zero attached hydrogens (tertiary/aromatic N) is 1. The van der Waals surface area contributed by atoms with Crippen molar-refractivity contribution < 1.29 is 22.4 Å². The summed E-state index contributed by atoms with van der Waals surface area (Å²) in [4.78, 5) is 16.0. The number of aromatic nitrogens is 1. The maximum Gasteiger partial charge on any atom is 0.418 e. The lowest BCUT2D eigenvalue weighted by atomic mass is 10.1. The number of nitrogens with one attached hydrogen (secondary N) is 1. The Kier molecular flexibility index (Phi) is 3.92. The molecule has 0 aliphatic carbocycles. The van der Waals surface area contributed by atoms with Gasteiger partial charge >= 0.3 is 6.18 Å². The van der Waals surface area contributed by atoms with E-state index in [1.54, 1.807) is 0 Å². The highest BCUT2D eigenvalue weighted by Gasteiger charge is 2.33. The summed E-state index contributed by atoms with van der Waals surface area (Å²) < 4.78 is 52.1. The number of halogens is 4. The molecule has 0 saturated carbocycles. The van der Waals surface area contributed by atoms with Crippen molar-refractivity contribution in [3.8, 4) is 0 Å². The Morgan fingerprint density at radius 2 is 1.71 bits per heavy atom. The highest BCUT2D eigenvalue weighted by molar-refractivity contribution is 6.08. The molecule has 3 aromatic rings. The highest BCUT2D eigenvalue weighted by Crippen LogP contribution is 2.35. The summed E-state index contributed by atoms with van der Waals surface area (Å²) >= 11 is 0. The number of carbonyl (C=O) groups excluding carboxylic acids is 1. The van der Waals surface area contributed by atoms with Gasteiger partial charge in [-0.25, -0.2) is 4.39 Å². The van der Waals surface area contributed by atoms with E-state index >= 15 is 0 Å². The molecule has 1 heterocycles. The first-order valence-electron chi connectivity index (χ1n) is 6.88. The number of fused-ring (bicyclic) bond motifs is 1. The van der Waals surface area contributed by atoms with Gasteiger partial charge in [0.05, 0.1) is 16.8 Å². The number of carbonyl (C=O) groups is 1. The smallest absolute Gasteiger partial charge is 0.321 e. The normalized spacial score (nSPS) is 11.5. The molecule has 0 radical (unpaired) electrons. The fourth-order valence-corrected chi connectivity index (χ4v) is 2.31. The molecule has 0 aliphatic heterocycles. The third kappa shape index (κ3) is 3.05. The topological polar surface area (TPSA) is 42.0 Å². The third-order valence-electron chi connectivity index (χ3n) is 3.43. The monoisotopic (exact) mass is 334 g/mol. The van der Waals surface area contributed by atoms with Gasteiger partial charge in [0.15, 0.2) is 0 Å². The van der Waals surface area contributed by atoms with Crippen LogP contribution in [0.4, 0.5) is 23.2 Å². The Balaban J connectivity index is 2.01. The first kappa shape index (κ1) is 15.9. The summed E-state index contributed by atoms with van der Waals surface area (Å²) in [5.74, 6) is -1.05. The lowest BCUT2D eigenvalue weighted by Crippen LogP contribution is -2.13. The molecule has 2 aromatic carbocycles. The van der Waals surface area contributed by atoms with Crippen molar-refractivity contribution in [2.24, 2.45) is 0 Å². The largest absolute Gasteiger partial charge is 0.418 e. The van der Waals surface area contributed by atoms with Crippen LogP contribution in [0, 0.1) is 5.82 Å². The van der Waals surface area contributed by atoms with Gasteiger partial charge in [-0.05, 0) is 36.4 Å². The second-order valence-electron chi connectivity index (χ2n) is 5.02. The van der Waals surface area contributed by atoms with Crippen molar-refractivity contribution in [2.45, 2.75) is 6.18 Å². The zero-order valence-corrected chi connectivity index (χ0v) is 12.1. The van der Waals surface area contributed by atoms with Gasteiger partial charge in [-0.15, -0.1) is 0 Å². The van der Waals surface area contributed by atoms with Crippen LogP contribution in [-0.4, -0.2) is 10.9 Å². The van der Waals surface area contributed by atoms with E-state index in [0.29, 0.717) is 0 Å². The number of hydrogen-bond donors (Lipinski definition) is 1. The molecule has 0 spiro atoms. The van der Waals surface area contributed by atoms with E-state index in [1.165, 1.54) is 36.5 Å². The summed E-state index contributed by atoms with van der Waals surface area (Å²) in [6.07, 6.45) is -3.36. The average molecular weight is 334 g/mol. The molecule has 0 atom stereocenters. The predicted molar refractivity (Wildman–Crippen MR) is 81.1 cm³/mol. The van der Waals surface area contributed by atoms with E-state index in [2.05, 4.69) is 10.3 Å². The van der Waals surface area contributed by atoms with Crippen LogP contribution >= 0.6 is 0 Å². The average Bonchev–Trinajstić information content (AvgIpc) is 2.54. The summed E-state index contributed by atoms with van der Waals surface area (Å²) in [5.41, 5.74) is -0.742. The molecule has 0 bridgehead atoms. The van der Waals surface area contributed by atoms with Crippen LogP contribution in [0.5, 0.6) is 0 Å². The molecule has 0 saturated heterocycles.